The second-order valence-corrected chi connectivity index (χ2v) is 5.61. The predicted octanol–water partition coefficient (Wildman–Crippen LogP) is 2.90. The Labute approximate surface area is 136 Å². The highest BCUT2D eigenvalue weighted by atomic mass is 32.1. The largest absolute Gasteiger partial charge is 0.508 e. The summed E-state index contributed by atoms with van der Waals surface area (Å²) in [5.41, 5.74) is 6.88. The lowest BCUT2D eigenvalue weighted by atomic mass is 10.2. The van der Waals surface area contributed by atoms with Crippen LogP contribution in [0.15, 0.2) is 59.4 Å². The fourth-order valence-corrected chi connectivity index (χ4v) is 3.15. The van der Waals surface area contributed by atoms with E-state index in [0.717, 1.165) is 22.9 Å². The Bertz CT molecular complexity index is 884. The van der Waals surface area contributed by atoms with E-state index in [2.05, 4.69) is 4.37 Å². The van der Waals surface area contributed by atoms with E-state index in [4.69, 9.17) is 11.1 Å². The molecule has 0 saturated heterocycles. The summed E-state index contributed by atoms with van der Waals surface area (Å²) >= 11 is 1.11. The van der Waals surface area contributed by atoms with Gasteiger partial charge in [0, 0.05) is 11.4 Å². The molecule has 0 aliphatic rings. The van der Waals surface area contributed by atoms with E-state index in [1.165, 1.54) is 0 Å². The summed E-state index contributed by atoms with van der Waals surface area (Å²) in [6.07, 6.45) is 0. The van der Waals surface area contributed by atoms with E-state index in [0.29, 0.717) is 5.00 Å². The number of phenolic OH excluding ortho intramolecular Hbond substituents is 1. The monoisotopic (exact) mass is 326 g/mol. The third-order valence-corrected chi connectivity index (χ3v) is 4.14. The van der Waals surface area contributed by atoms with Gasteiger partial charge in [0.15, 0.2) is 0 Å². The van der Waals surface area contributed by atoms with E-state index in [1.54, 1.807) is 24.3 Å². The van der Waals surface area contributed by atoms with Crippen LogP contribution in [0.2, 0.25) is 0 Å². The van der Waals surface area contributed by atoms with Gasteiger partial charge in [0.05, 0.1) is 0 Å². The number of rotatable bonds is 4. The zero-order chi connectivity index (χ0) is 16.4. The molecule has 0 aliphatic carbocycles. The second-order valence-electron chi connectivity index (χ2n) is 4.81. The quantitative estimate of drug-likeness (QED) is 0.437. The summed E-state index contributed by atoms with van der Waals surface area (Å²) in [7, 11) is 0. The van der Waals surface area contributed by atoms with Gasteiger partial charge in [-0.1, -0.05) is 18.2 Å². The lowest BCUT2D eigenvalue weighted by Gasteiger charge is -2.24. The van der Waals surface area contributed by atoms with Crippen LogP contribution in [-0.4, -0.2) is 15.3 Å². The molecule has 0 amide bonds. The molecule has 6 nitrogen and oxygen atoms in total. The molecule has 0 bridgehead atoms. The summed E-state index contributed by atoms with van der Waals surface area (Å²) in [4.78, 5) is 13.8. The number of hydrogen-bond donors (Lipinski definition) is 4. The average molecular weight is 326 g/mol. The molecule has 0 spiro atoms. The summed E-state index contributed by atoms with van der Waals surface area (Å²) < 4.78 is 2.62. The van der Waals surface area contributed by atoms with Gasteiger partial charge in [-0.05, 0) is 47.9 Å². The molecule has 7 heteroatoms. The second kappa shape index (κ2) is 5.98. The number of aromatic amines is 1. The highest BCUT2D eigenvalue weighted by Gasteiger charge is 2.22. The first-order valence-electron chi connectivity index (χ1n) is 6.78. The van der Waals surface area contributed by atoms with Gasteiger partial charge in [0.25, 0.3) is 5.56 Å². The van der Waals surface area contributed by atoms with Gasteiger partial charge in [-0.3, -0.25) is 19.5 Å². The number of aromatic nitrogens is 1. The van der Waals surface area contributed by atoms with Gasteiger partial charge in [-0.25, -0.2) is 0 Å². The molecule has 0 saturated carbocycles. The SMILES string of the molecule is N=C(N)c1c(N(c2ccccc2)c2ccc(O)cc2)s[nH]c1=O. The van der Waals surface area contributed by atoms with Crippen LogP contribution < -0.4 is 16.2 Å². The molecule has 1 heterocycles. The molecular formula is C16H14N4O2S. The minimum atomic E-state index is -0.391. The Morgan fingerprint density at radius 1 is 1.09 bits per heavy atom. The normalized spacial score (nSPS) is 10.4. The molecule has 1 aromatic heterocycles. The maximum Gasteiger partial charge on any atom is 0.271 e. The Morgan fingerprint density at radius 2 is 1.70 bits per heavy atom. The van der Waals surface area contributed by atoms with Gasteiger partial charge in [0.2, 0.25) is 0 Å². The number of amidine groups is 1. The maximum atomic E-state index is 12.0. The van der Waals surface area contributed by atoms with Crippen molar-refractivity contribution in [3.8, 4) is 5.75 Å². The van der Waals surface area contributed by atoms with E-state index < -0.39 is 5.56 Å². The molecule has 0 aliphatic heterocycles. The fraction of sp³-hybridized carbons (Fsp3) is 0. The number of anilines is 3. The molecule has 0 fully saturated rings. The van der Waals surface area contributed by atoms with E-state index in [-0.39, 0.29) is 17.1 Å². The van der Waals surface area contributed by atoms with Crippen molar-refractivity contribution in [2.45, 2.75) is 0 Å². The smallest absolute Gasteiger partial charge is 0.271 e. The van der Waals surface area contributed by atoms with Gasteiger partial charge >= 0.3 is 0 Å². The number of H-pyrrole nitrogens is 1. The zero-order valence-corrected chi connectivity index (χ0v) is 12.8. The van der Waals surface area contributed by atoms with Crippen LogP contribution in [0, 0.1) is 5.41 Å². The molecule has 0 atom stereocenters. The van der Waals surface area contributed by atoms with Crippen LogP contribution in [0.4, 0.5) is 16.4 Å². The average Bonchev–Trinajstić information content (AvgIpc) is 2.92. The van der Waals surface area contributed by atoms with Crippen molar-refractivity contribution < 1.29 is 5.11 Å². The van der Waals surface area contributed by atoms with Crippen LogP contribution >= 0.6 is 11.5 Å². The fourth-order valence-electron chi connectivity index (χ4n) is 2.25. The summed E-state index contributed by atoms with van der Waals surface area (Å²) in [5.74, 6) is -0.141. The summed E-state index contributed by atoms with van der Waals surface area (Å²) in [6.45, 7) is 0. The molecule has 2 aromatic carbocycles. The minimum absolute atomic E-state index is 0.131. The summed E-state index contributed by atoms with van der Waals surface area (Å²) in [5, 5.41) is 17.7. The summed E-state index contributed by atoms with van der Waals surface area (Å²) in [6, 6.07) is 16.0. The van der Waals surface area contributed by atoms with Crippen molar-refractivity contribution in [1.29, 1.82) is 5.41 Å². The van der Waals surface area contributed by atoms with Crippen LogP contribution in [0.3, 0.4) is 0 Å². The van der Waals surface area contributed by atoms with Crippen LogP contribution in [-0.2, 0) is 0 Å². The Morgan fingerprint density at radius 3 is 2.30 bits per heavy atom. The Balaban J connectivity index is 2.23. The van der Waals surface area contributed by atoms with E-state index in [1.807, 2.05) is 35.2 Å². The number of aromatic hydroxyl groups is 1. The molecule has 116 valence electrons. The number of nitrogens with one attached hydrogen (secondary N) is 2. The van der Waals surface area contributed by atoms with Crippen molar-refractivity contribution in [3.05, 3.63) is 70.5 Å². The number of nitrogens with two attached hydrogens (primary N) is 1. The van der Waals surface area contributed by atoms with E-state index >= 15 is 0 Å². The Kier molecular flexibility index (Phi) is 3.86. The molecule has 0 radical (unpaired) electrons. The van der Waals surface area contributed by atoms with Crippen molar-refractivity contribution >= 4 is 33.7 Å². The van der Waals surface area contributed by atoms with Crippen molar-refractivity contribution in [2.24, 2.45) is 5.73 Å². The number of nitrogen functional groups attached to an aromatic ring is 1. The van der Waals surface area contributed by atoms with Crippen molar-refractivity contribution in [2.75, 3.05) is 4.90 Å². The molecule has 23 heavy (non-hydrogen) atoms. The molecular weight excluding hydrogens is 312 g/mol. The molecule has 5 N–H and O–H groups in total. The Hall–Kier alpha value is -3.06. The number of para-hydroxylation sites is 1. The first kappa shape index (κ1) is 14.9. The lowest BCUT2D eigenvalue weighted by Crippen LogP contribution is -2.23. The molecule has 3 aromatic rings. The van der Waals surface area contributed by atoms with Gasteiger partial charge in [-0.2, -0.15) is 0 Å². The number of phenols is 1. The predicted molar refractivity (Wildman–Crippen MR) is 92.3 cm³/mol. The van der Waals surface area contributed by atoms with Crippen LogP contribution in [0.5, 0.6) is 5.75 Å². The number of hydrogen-bond acceptors (Lipinski definition) is 5. The molecule has 0 unspecified atom stereocenters. The van der Waals surface area contributed by atoms with Gasteiger partial charge in [0.1, 0.15) is 22.1 Å². The zero-order valence-electron chi connectivity index (χ0n) is 12.0. The lowest BCUT2D eigenvalue weighted by molar-refractivity contribution is 0.475. The number of benzene rings is 2. The van der Waals surface area contributed by atoms with Crippen LogP contribution in [0.1, 0.15) is 5.56 Å². The van der Waals surface area contributed by atoms with Crippen molar-refractivity contribution in [1.82, 2.24) is 4.37 Å². The topological polar surface area (TPSA) is 106 Å². The van der Waals surface area contributed by atoms with Crippen LogP contribution in [0.25, 0.3) is 0 Å². The number of nitrogens with zero attached hydrogens (tertiary/aromatic N) is 1. The standard InChI is InChI=1S/C16H14N4O2S/c17-14(18)13-15(22)19-23-16(13)20(10-4-2-1-3-5-10)11-6-8-12(21)9-7-11/h1-9,21H,(H3,17,18)(H,19,22). The highest BCUT2D eigenvalue weighted by Crippen LogP contribution is 2.38. The first-order valence-corrected chi connectivity index (χ1v) is 7.59. The van der Waals surface area contributed by atoms with Crippen molar-refractivity contribution in [3.63, 3.8) is 0 Å². The van der Waals surface area contributed by atoms with Gasteiger partial charge < -0.3 is 10.8 Å². The van der Waals surface area contributed by atoms with E-state index in [9.17, 15) is 9.90 Å². The molecule has 3 rings (SSSR count). The minimum Gasteiger partial charge on any atom is -0.508 e. The third-order valence-electron chi connectivity index (χ3n) is 3.28. The highest BCUT2D eigenvalue weighted by molar-refractivity contribution is 7.10. The first-order chi connectivity index (χ1) is 11.1. The third kappa shape index (κ3) is 2.82. The van der Waals surface area contributed by atoms with Gasteiger partial charge in [-0.15, -0.1) is 0 Å². The maximum absolute atomic E-state index is 12.0.